The SMILES string of the molecule is CCC[C@@H](C/C=C\CO)O[Si](C)(C)C(C)(C)C. The zero-order chi connectivity index (χ0) is 13.5. The van der Waals surface area contributed by atoms with Gasteiger partial charge in [-0.1, -0.05) is 46.3 Å². The number of hydrogen-bond acceptors (Lipinski definition) is 2. The summed E-state index contributed by atoms with van der Waals surface area (Å²) in [6, 6.07) is 0. The van der Waals surface area contributed by atoms with E-state index in [0.717, 1.165) is 19.3 Å². The van der Waals surface area contributed by atoms with Crippen molar-refractivity contribution in [1.29, 1.82) is 0 Å². The van der Waals surface area contributed by atoms with E-state index in [2.05, 4.69) is 40.8 Å². The highest BCUT2D eigenvalue weighted by molar-refractivity contribution is 6.74. The topological polar surface area (TPSA) is 29.5 Å². The van der Waals surface area contributed by atoms with Gasteiger partial charge in [0, 0.05) is 6.10 Å². The summed E-state index contributed by atoms with van der Waals surface area (Å²) in [6.07, 6.45) is 7.31. The van der Waals surface area contributed by atoms with E-state index in [1.165, 1.54) is 0 Å². The number of hydrogen-bond donors (Lipinski definition) is 1. The Labute approximate surface area is 108 Å². The molecule has 0 aliphatic heterocycles. The van der Waals surface area contributed by atoms with E-state index in [0.29, 0.717) is 6.10 Å². The smallest absolute Gasteiger partial charge is 0.192 e. The first kappa shape index (κ1) is 16.9. The summed E-state index contributed by atoms with van der Waals surface area (Å²) >= 11 is 0. The summed E-state index contributed by atoms with van der Waals surface area (Å²) in [5, 5.41) is 9.02. The van der Waals surface area contributed by atoms with Crippen molar-refractivity contribution in [3.05, 3.63) is 12.2 Å². The van der Waals surface area contributed by atoms with Crippen molar-refractivity contribution in [2.75, 3.05) is 6.61 Å². The normalized spacial score (nSPS) is 15.5. The van der Waals surface area contributed by atoms with Crippen molar-refractivity contribution in [2.45, 2.75) is 71.2 Å². The molecule has 0 aliphatic carbocycles. The van der Waals surface area contributed by atoms with Crippen LogP contribution in [0.25, 0.3) is 0 Å². The van der Waals surface area contributed by atoms with Crippen LogP contribution in [-0.2, 0) is 4.43 Å². The third-order valence-electron chi connectivity index (χ3n) is 3.55. The first-order chi connectivity index (χ1) is 7.74. The Balaban J connectivity index is 4.47. The van der Waals surface area contributed by atoms with Crippen molar-refractivity contribution in [3.63, 3.8) is 0 Å². The van der Waals surface area contributed by atoms with Crippen LogP contribution in [0, 0.1) is 0 Å². The van der Waals surface area contributed by atoms with E-state index < -0.39 is 8.32 Å². The fourth-order valence-electron chi connectivity index (χ4n) is 1.46. The highest BCUT2D eigenvalue weighted by Gasteiger charge is 2.38. The van der Waals surface area contributed by atoms with Gasteiger partial charge in [0.15, 0.2) is 8.32 Å². The van der Waals surface area contributed by atoms with Gasteiger partial charge >= 0.3 is 0 Å². The second kappa shape index (κ2) is 7.34. The van der Waals surface area contributed by atoms with Crippen LogP contribution in [0.5, 0.6) is 0 Å². The molecule has 0 aromatic rings. The van der Waals surface area contributed by atoms with Gasteiger partial charge in [0.25, 0.3) is 0 Å². The van der Waals surface area contributed by atoms with Gasteiger partial charge in [-0.3, -0.25) is 0 Å². The molecule has 1 N–H and O–H groups in total. The van der Waals surface area contributed by atoms with Crippen LogP contribution in [-0.4, -0.2) is 26.1 Å². The van der Waals surface area contributed by atoms with Crippen molar-refractivity contribution in [1.82, 2.24) is 0 Å². The second-order valence-corrected chi connectivity index (χ2v) is 10.9. The molecule has 0 heterocycles. The molecule has 0 amide bonds. The molecule has 3 heteroatoms. The molecule has 1 atom stereocenters. The lowest BCUT2D eigenvalue weighted by molar-refractivity contribution is 0.172. The molecule has 0 spiro atoms. The van der Waals surface area contributed by atoms with E-state index in [4.69, 9.17) is 9.53 Å². The van der Waals surface area contributed by atoms with Gasteiger partial charge < -0.3 is 9.53 Å². The summed E-state index contributed by atoms with van der Waals surface area (Å²) in [7, 11) is -1.66. The monoisotopic (exact) mass is 258 g/mol. The van der Waals surface area contributed by atoms with Crippen LogP contribution >= 0.6 is 0 Å². The zero-order valence-corrected chi connectivity index (χ0v) is 13.4. The molecule has 0 bridgehead atoms. The lowest BCUT2D eigenvalue weighted by Gasteiger charge is -2.39. The average molecular weight is 258 g/mol. The molecule has 0 aliphatic rings. The number of rotatable bonds is 7. The predicted molar refractivity (Wildman–Crippen MR) is 77.8 cm³/mol. The van der Waals surface area contributed by atoms with Crippen molar-refractivity contribution < 1.29 is 9.53 Å². The maximum absolute atomic E-state index is 8.75. The van der Waals surface area contributed by atoms with E-state index in [1.54, 1.807) is 6.08 Å². The Hall–Kier alpha value is -0.123. The fourth-order valence-corrected chi connectivity index (χ4v) is 2.86. The van der Waals surface area contributed by atoms with E-state index in [-0.39, 0.29) is 11.6 Å². The summed E-state index contributed by atoms with van der Waals surface area (Å²) in [5.74, 6) is 0. The van der Waals surface area contributed by atoms with Crippen LogP contribution in [0.3, 0.4) is 0 Å². The third kappa shape index (κ3) is 6.39. The first-order valence-corrected chi connectivity index (χ1v) is 9.59. The van der Waals surface area contributed by atoms with E-state index >= 15 is 0 Å². The van der Waals surface area contributed by atoms with Gasteiger partial charge in [-0.05, 0) is 31.0 Å². The van der Waals surface area contributed by atoms with Gasteiger partial charge in [0.05, 0.1) is 6.61 Å². The van der Waals surface area contributed by atoms with Crippen LogP contribution in [0.15, 0.2) is 12.2 Å². The molecule has 0 aromatic carbocycles. The minimum atomic E-state index is -1.66. The molecule has 0 fully saturated rings. The van der Waals surface area contributed by atoms with Crippen molar-refractivity contribution in [3.8, 4) is 0 Å². The maximum Gasteiger partial charge on any atom is 0.192 e. The van der Waals surface area contributed by atoms with Crippen LogP contribution in [0.1, 0.15) is 47.0 Å². The molecule has 0 saturated heterocycles. The maximum atomic E-state index is 8.75. The summed E-state index contributed by atoms with van der Waals surface area (Å²) < 4.78 is 6.40. The molecular formula is C14H30O2Si. The third-order valence-corrected chi connectivity index (χ3v) is 8.08. The highest BCUT2D eigenvalue weighted by atomic mass is 28.4. The molecule has 102 valence electrons. The quantitative estimate of drug-likeness (QED) is 0.550. The van der Waals surface area contributed by atoms with Crippen LogP contribution in [0.2, 0.25) is 18.1 Å². The summed E-state index contributed by atoms with van der Waals surface area (Å²) in [4.78, 5) is 0. The fraction of sp³-hybridized carbons (Fsp3) is 0.857. The second-order valence-electron chi connectivity index (χ2n) is 6.18. The largest absolute Gasteiger partial charge is 0.414 e. The molecule has 2 nitrogen and oxygen atoms in total. The minimum absolute atomic E-state index is 0.124. The van der Waals surface area contributed by atoms with Gasteiger partial charge in [0.2, 0.25) is 0 Å². The molecule has 0 unspecified atom stereocenters. The highest BCUT2D eigenvalue weighted by Crippen LogP contribution is 2.38. The van der Waals surface area contributed by atoms with Gasteiger partial charge in [0.1, 0.15) is 0 Å². The Morgan fingerprint density at radius 2 is 1.82 bits per heavy atom. The minimum Gasteiger partial charge on any atom is -0.414 e. The first-order valence-electron chi connectivity index (χ1n) is 6.68. The Kier molecular flexibility index (Phi) is 7.29. The molecule has 0 saturated carbocycles. The average Bonchev–Trinajstić information content (AvgIpc) is 2.16. The van der Waals surface area contributed by atoms with E-state index in [9.17, 15) is 0 Å². The summed E-state index contributed by atoms with van der Waals surface area (Å²) in [5.41, 5.74) is 0. The van der Waals surface area contributed by atoms with Crippen LogP contribution < -0.4 is 0 Å². The summed E-state index contributed by atoms with van der Waals surface area (Å²) in [6.45, 7) is 13.7. The number of aliphatic hydroxyl groups excluding tert-OH is 1. The lowest BCUT2D eigenvalue weighted by atomic mass is 10.1. The van der Waals surface area contributed by atoms with Gasteiger partial charge in [-0.15, -0.1) is 0 Å². The zero-order valence-electron chi connectivity index (χ0n) is 12.4. The molecule has 0 rings (SSSR count). The standard InChI is InChI=1S/C14H30O2Si/c1-7-10-13(11-8-9-12-15)16-17(5,6)14(2,3)4/h8-9,13,15H,7,10-12H2,1-6H3/b9-8-/t13-/m0/s1. The molecule has 0 radical (unpaired) electrons. The van der Waals surface area contributed by atoms with Gasteiger partial charge in [-0.25, -0.2) is 0 Å². The molecular weight excluding hydrogens is 228 g/mol. The van der Waals surface area contributed by atoms with Crippen molar-refractivity contribution >= 4 is 8.32 Å². The Morgan fingerprint density at radius 1 is 1.24 bits per heavy atom. The van der Waals surface area contributed by atoms with E-state index in [1.807, 2.05) is 6.08 Å². The number of aliphatic hydroxyl groups is 1. The predicted octanol–water partition coefficient (Wildman–Crippen LogP) is 4.12. The Morgan fingerprint density at radius 3 is 2.24 bits per heavy atom. The molecule has 0 aromatic heterocycles. The molecule has 17 heavy (non-hydrogen) atoms. The Bertz CT molecular complexity index is 229. The van der Waals surface area contributed by atoms with Crippen molar-refractivity contribution in [2.24, 2.45) is 0 Å². The van der Waals surface area contributed by atoms with Gasteiger partial charge in [-0.2, -0.15) is 0 Å². The van der Waals surface area contributed by atoms with Crippen LogP contribution in [0.4, 0.5) is 0 Å². The lowest BCUT2D eigenvalue weighted by Crippen LogP contribution is -2.43.